The van der Waals surface area contributed by atoms with Gasteiger partial charge in [-0.3, -0.25) is 4.98 Å². The number of fused-ring (bicyclic) bond motifs is 1. The number of halogens is 1. The molecule has 2 fully saturated rings. The van der Waals surface area contributed by atoms with Gasteiger partial charge in [0.05, 0.1) is 12.1 Å². The molecule has 2 heterocycles. The first-order valence-electron chi connectivity index (χ1n) is 15.5. The number of hydrogen-bond acceptors (Lipinski definition) is 7. The summed E-state index contributed by atoms with van der Waals surface area (Å²) < 4.78 is 5.19. The number of alkyl carbamates (subject to hydrolysis) is 1. The highest BCUT2D eigenvalue weighted by Crippen LogP contribution is 2.29. The molecule has 9 heteroatoms. The molecule has 2 N–H and O–H groups in total. The quantitative estimate of drug-likeness (QED) is 0.234. The average molecular weight is 573 g/mol. The first-order chi connectivity index (χ1) is 19.6. The molecule has 40 heavy (non-hydrogen) atoms. The van der Waals surface area contributed by atoms with E-state index in [1.165, 1.54) is 32.4 Å². The number of ether oxygens (including phenoxy) is 1. The van der Waals surface area contributed by atoms with E-state index in [0.717, 1.165) is 106 Å². The predicted octanol–water partition coefficient (Wildman–Crippen LogP) is 5.33. The van der Waals surface area contributed by atoms with Gasteiger partial charge in [-0.05, 0) is 94.9 Å². The largest absolute Gasteiger partial charge is 0.450 e. The maximum absolute atomic E-state index is 11.7. The Morgan fingerprint density at radius 1 is 1.02 bits per heavy atom. The van der Waals surface area contributed by atoms with Crippen molar-refractivity contribution in [2.75, 3.05) is 83.9 Å². The van der Waals surface area contributed by atoms with Crippen molar-refractivity contribution < 1.29 is 9.53 Å². The van der Waals surface area contributed by atoms with Gasteiger partial charge in [-0.1, -0.05) is 24.9 Å². The Hall–Kier alpha value is -2.13. The zero-order valence-corrected chi connectivity index (χ0v) is 25.1. The number of nitrogens with zero attached hydrogens (tertiary/aromatic N) is 4. The minimum atomic E-state index is -0.272. The zero-order valence-electron chi connectivity index (χ0n) is 24.4. The van der Waals surface area contributed by atoms with Gasteiger partial charge >= 0.3 is 6.09 Å². The number of unbranched alkanes of at least 4 members (excludes halogenated alkanes) is 1. The lowest BCUT2D eigenvalue weighted by molar-refractivity contribution is 0.125. The van der Waals surface area contributed by atoms with Crippen LogP contribution in [0.1, 0.15) is 51.9 Å². The van der Waals surface area contributed by atoms with Crippen LogP contribution in [0.15, 0.2) is 30.5 Å². The molecule has 0 spiro atoms. The predicted molar refractivity (Wildman–Crippen MR) is 165 cm³/mol. The van der Waals surface area contributed by atoms with Crippen LogP contribution in [0.5, 0.6) is 0 Å². The van der Waals surface area contributed by atoms with E-state index in [1.807, 2.05) is 30.5 Å². The summed E-state index contributed by atoms with van der Waals surface area (Å²) in [5, 5.41) is 8.34. The highest BCUT2D eigenvalue weighted by molar-refractivity contribution is 6.31. The van der Waals surface area contributed by atoms with Crippen molar-refractivity contribution in [1.82, 2.24) is 25.0 Å². The molecular weight excluding hydrogens is 524 g/mol. The van der Waals surface area contributed by atoms with E-state index < -0.39 is 0 Å². The van der Waals surface area contributed by atoms with Crippen molar-refractivity contribution in [3.8, 4) is 0 Å². The summed E-state index contributed by atoms with van der Waals surface area (Å²) >= 11 is 6.12. The normalized spacial score (nSPS) is 16.5. The van der Waals surface area contributed by atoms with Crippen molar-refractivity contribution in [3.05, 3.63) is 35.5 Å². The van der Waals surface area contributed by atoms with Crippen LogP contribution in [0, 0.1) is 5.92 Å². The summed E-state index contributed by atoms with van der Waals surface area (Å²) in [4.78, 5) is 24.0. The van der Waals surface area contributed by atoms with Gasteiger partial charge in [0, 0.05) is 68.1 Å². The van der Waals surface area contributed by atoms with Crippen LogP contribution in [0.3, 0.4) is 0 Å². The number of hydrogen-bond donors (Lipinski definition) is 2. The van der Waals surface area contributed by atoms with Gasteiger partial charge in [0.25, 0.3) is 0 Å². The SMILES string of the molecule is CCCCOC(=O)NCCCN(CCCN1CCN(CCCNc2ccnc3cc(Cl)ccc23)CC1)CC1CC1. The number of aromatic nitrogens is 1. The number of piperazine rings is 1. The van der Waals surface area contributed by atoms with Gasteiger partial charge in [-0.25, -0.2) is 4.79 Å². The van der Waals surface area contributed by atoms with Gasteiger partial charge in [0.2, 0.25) is 0 Å². The molecule has 1 aliphatic heterocycles. The third kappa shape index (κ3) is 11.0. The van der Waals surface area contributed by atoms with Crippen LogP contribution < -0.4 is 10.6 Å². The molecule has 1 saturated carbocycles. The van der Waals surface area contributed by atoms with Gasteiger partial charge in [-0.2, -0.15) is 0 Å². The van der Waals surface area contributed by atoms with E-state index in [4.69, 9.17) is 16.3 Å². The molecule has 0 unspecified atom stereocenters. The van der Waals surface area contributed by atoms with E-state index in [0.29, 0.717) is 13.2 Å². The molecule has 0 atom stereocenters. The summed E-state index contributed by atoms with van der Waals surface area (Å²) in [7, 11) is 0. The molecule has 2 aromatic rings. The third-order valence-corrected chi connectivity index (χ3v) is 8.18. The molecule has 1 aromatic heterocycles. The van der Waals surface area contributed by atoms with Crippen LogP contribution in [-0.2, 0) is 4.74 Å². The topological polar surface area (TPSA) is 73.0 Å². The fourth-order valence-corrected chi connectivity index (χ4v) is 5.54. The molecule has 0 bridgehead atoms. The van der Waals surface area contributed by atoms with Gasteiger partial charge in [0.1, 0.15) is 0 Å². The lowest BCUT2D eigenvalue weighted by Gasteiger charge is -2.35. The van der Waals surface area contributed by atoms with E-state index in [9.17, 15) is 4.79 Å². The van der Waals surface area contributed by atoms with E-state index in [1.54, 1.807) is 0 Å². The molecule has 2 aliphatic rings. The van der Waals surface area contributed by atoms with E-state index in [-0.39, 0.29) is 6.09 Å². The van der Waals surface area contributed by atoms with Crippen molar-refractivity contribution in [2.24, 2.45) is 5.92 Å². The highest BCUT2D eigenvalue weighted by Gasteiger charge is 2.24. The lowest BCUT2D eigenvalue weighted by atomic mass is 10.2. The molecule has 4 rings (SSSR count). The first kappa shape index (κ1) is 30.8. The lowest BCUT2D eigenvalue weighted by Crippen LogP contribution is -2.47. The van der Waals surface area contributed by atoms with Crippen LogP contribution >= 0.6 is 11.6 Å². The number of carbonyl (C=O) groups excluding carboxylic acids is 1. The molecule has 1 aliphatic carbocycles. The van der Waals surface area contributed by atoms with Crippen molar-refractivity contribution in [1.29, 1.82) is 0 Å². The maximum atomic E-state index is 11.7. The van der Waals surface area contributed by atoms with Crippen molar-refractivity contribution in [3.63, 3.8) is 0 Å². The molecule has 1 amide bonds. The van der Waals surface area contributed by atoms with Crippen LogP contribution in [-0.4, -0.2) is 104 Å². The molecule has 1 aromatic carbocycles. The third-order valence-electron chi connectivity index (χ3n) is 7.95. The van der Waals surface area contributed by atoms with Crippen molar-refractivity contribution >= 4 is 34.3 Å². The maximum Gasteiger partial charge on any atom is 0.407 e. The fraction of sp³-hybridized carbons (Fsp3) is 0.677. The minimum Gasteiger partial charge on any atom is -0.450 e. The molecule has 0 radical (unpaired) electrons. The first-order valence-corrected chi connectivity index (χ1v) is 15.8. The molecule has 8 nitrogen and oxygen atoms in total. The molecule has 222 valence electrons. The van der Waals surface area contributed by atoms with E-state index in [2.05, 4.69) is 37.2 Å². The fourth-order valence-electron chi connectivity index (χ4n) is 5.37. The second-order valence-corrected chi connectivity index (χ2v) is 11.8. The highest BCUT2D eigenvalue weighted by atomic mass is 35.5. The molecule has 1 saturated heterocycles. The van der Waals surface area contributed by atoms with Gasteiger partial charge < -0.3 is 30.1 Å². The number of benzene rings is 1. The van der Waals surface area contributed by atoms with E-state index >= 15 is 0 Å². The number of anilines is 1. The van der Waals surface area contributed by atoms with Gasteiger partial charge in [0.15, 0.2) is 0 Å². The monoisotopic (exact) mass is 572 g/mol. The van der Waals surface area contributed by atoms with Crippen LogP contribution in [0.2, 0.25) is 5.02 Å². The summed E-state index contributed by atoms with van der Waals surface area (Å²) in [5.74, 6) is 0.890. The number of pyridine rings is 1. The summed E-state index contributed by atoms with van der Waals surface area (Å²) in [5.41, 5.74) is 2.06. The second-order valence-electron chi connectivity index (χ2n) is 11.4. The second kappa shape index (κ2) is 17.0. The minimum absolute atomic E-state index is 0.272. The Morgan fingerprint density at radius 3 is 2.52 bits per heavy atom. The Bertz CT molecular complexity index is 1030. The number of amides is 1. The molecular formula is C31H49ClN6O2. The Morgan fingerprint density at radius 2 is 1.77 bits per heavy atom. The van der Waals surface area contributed by atoms with Crippen LogP contribution in [0.25, 0.3) is 10.9 Å². The summed E-state index contributed by atoms with van der Waals surface area (Å²) in [6.07, 6.45) is 9.62. The van der Waals surface area contributed by atoms with Crippen LogP contribution in [0.4, 0.5) is 10.5 Å². The van der Waals surface area contributed by atoms with Crippen molar-refractivity contribution in [2.45, 2.75) is 51.9 Å². The summed E-state index contributed by atoms with van der Waals surface area (Å²) in [6, 6.07) is 7.93. The Labute approximate surface area is 245 Å². The summed E-state index contributed by atoms with van der Waals surface area (Å²) in [6.45, 7) is 14.6. The number of rotatable bonds is 18. The number of carbonyl (C=O) groups is 1. The Balaban J connectivity index is 1.05. The average Bonchev–Trinajstić information content (AvgIpc) is 3.78. The number of nitrogens with one attached hydrogen (secondary N) is 2. The zero-order chi connectivity index (χ0) is 28.0. The van der Waals surface area contributed by atoms with Gasteiger partial charge in [-0.15, -0.1) is 0 Å². The Kier molecular flexibility index (Phi) is 13.1. The standard InChI is InChI=1S/C31H49ClN6O2/c1-2-3-23-40-31(39)35-13-5-16-38(25-26-7-8-26)18-6-17-37-21-19-36(20-22-37)15-4-12-33-29-11-14-34-30-24-27(32)9-10-28(29)30/h9-11,14,24,26H,2-8,12-13,15-23,25H2,1H3,(H,33,34)(H,35,39). The smallest absolute Gasteiger partial charge is 0.407 e.